The fraction of sp³-hybridized carbons (Fsp3) is 0.192. The van der Waals surface area contributed by atoms with Crippen LogP contribution in [0.5, 0.6) is 0 Å². The van der Waals surface area contributed by atoms with Crippen LogP contribution in [-0.4, -0.2) is 42.8 Å². The minimum atomic E-state index is -0.928. The lowest BCUT2D eigenvalue weighted by Gasteiger charge is -2.50. The van der Waals surface area contributed by atoms with Gasteiger partial charge in [0.05, 0.1) is 17.2 Å². The zero-order chi connectivity index (χ0) is 23.4. The molecule has 2 aliphatic heterocycles. The van der Waals surface area contributed by atoms with Crippen LogP contribution in [0.25, 0.3) is 0 Å². The molecule has 7 heteroatoms. The molecule has 3 amide bonds. The average Bonchev–Trinajstić information content (AvgIpc) is 3.05. The summed E-state index contributed by atoms with van der Waals surface area (Å²) in [5.41, 5.74) is 4.02. The Morgan fingerprint density at radius 3 is 1.94 bits per heavy atom. The number of β-lactam (4-membered cyclic amide) rings is 1. The van der Waals surface area contributed by atoms with Crippen LogP contribution in [-0.2, 0) is 4.79 Å². The average molecular weight is 460 g/mol. The van der Waals surface area contributed by atoms with E-state index in [-0.39, 0.29) is 5.91 Å². The molecule has 1 saturated heterocycles. The highest BCUT2D eigenvalue weighted by Gasteiger charge is 2.57. The summed E-state index contributed by atoms with van der Waals surface area (Å²) in [7, 11) is 3.90. The van der Waals surface area contributed by atoms with Gasteiger partial charge in [0.2, 0.25) is 0 Å². The fourth-order valence-corrected chi connectivity index (χ4v) is 4.68. The summed E-state index contributed by atoms with van der Waals surface area (Å²) in [5, 5.41) is 0.547. The number of nitrogens with zero attached hydrogens (tertiary/aromatic N) is 3. The van der Waals surface area contributed by atoms with E-state index in [9.17, 15) is 14.4 Å². The van der Waals surface area contributed by atoms with Gasteiger partial charge in [-0.3, -0.25) is 19.3 Å². The second-order valence-corrected chi connectivity index (χ2v) is 8.95. The molecule has 0 aromatic heterocycles. The van der Waals surface area contributed by atoms with E-state index >= 15 is 0 Å². The lowest BCUT2D eigenvalue weighted by molar-refractivity contribution is -0.130. The van der Waals surface area contributed by atoms with E-state index in [4.69, 9.17) is 11.6 Å². The van der Waals surface area contributed by atoms with Crippen LogP contribution in [0.4, 0.5) is 11.4 Å². The zero-order valence-electron chi connectivity index (χ0n) is 18.4. The molecule has 2 aliphatic rings. The Morgan fingerprint density at radius 1 is 0.788 bits per heavy atom. The molecule has 0 aliphatic carbocycles. The van der Waals surface area contributed by atoms with Crippen molar-refractivity contribution < 1.29 is 14.4 Å². The first kappa shape index (κ1) is 21.2. The molecule has 0 radical (unpaired) electrons. The van der Waals surface area contributed by atoms with E-state index in [1.807, 2.05) is 62.3 Å². The van der Waals surface area contributed by atoms with E-state index in [0.717, 1.165) is 21.7 Å². The molecule has 3 aromatic rings. The topological polar surface area (TPSA) is 60.9 Å². The molecule has 0 spiro atoms. The summed E-state index contributed by atoms with van der Waals surface area (Å²) in [5.74, 6) is -1.19. The molecule has 2 heterocycles. The first-order chi connectivity index (χ1) is 15.8. The summed E-state index contributed by atoms with van der Waals surface area (Å²) >= 11 is 6.34. The Bertz CT molecular complexity index is 1270. The Labute approximate surface area is 197 Å². The minimum Gasteiger partial charge on any atom is -0.378 e. The van der Waals surface area contributed by atoms with Crippen molar-refractivity contribution in [2.24, 2.45) is 0 Å². The maximum absolute atomic E-state index is 13.5. The third-order valence-corrected chi connectivity index (χ3v) is 6.76. The highest BCUT2D eigenvalue weighted by molar-refractivity contribution is 6.32. The van der Waals surface area contributed by atoms with Gasteiger partial charge in [0, 0.05) is 30.5 Å². The number of hydrogen-bond acceptors (Lipinski definition) is 4. The smallest absolute Gasteiger partial charge is 0.262 e. The maximum Gasteiger partial charge on any atom is 0.262 e. The first-order valence-electron chi connectivity index (χ1n) is 10.6. The van der Waals surface area contributed by atoms with Crippen LogP contribution in [0.15, 0.2) is 66.7 Å². The number of halogens is 1. The highest BCUT2D eigenvalue weighted by Crippen LogP contribution is 2.45. The standard InChI is InChI=1S/C26H22ClN3O3/c1-15-8-11-18(14-21(15)27)29-22(16-9-12-17(13-10-16)28(2)3)23(26(29)33)30-24(31)19-6-4-5-7-20(19)25(30)32/h4-14,22-23H,1-3H3/t22-,23-/m0/s1. The van der Waals surface area contributed by atoms with Crippen LogP contribution in [0, 0.1) is 6.92 Å². The van der Waals surface area contributed by atoms with Crippen molar-refractivity contribution in [2.75, 3.05) is 23.9 Å². The van der Waals surface area contributed by atoms with Gasteiger partial charge in [-0.15, -0.1) is 0 Å². The lowest BCUT2D eigenvalue weighted by Crippen LogP contribution is -2.67. The van der Waals surface area contributed by atoms with Crippen LogP contribution < -0.4 is 9.80 Å². The Kier molecular flexibility index (Phi) is 4.98. The summed E-state index contributed by atoms with van der Waals surface area (Å²) in [4.78, 5) is 44.5. The fourth-order valence-electron chi connectivity index (χ4n) is 4.51. The maximum atomic E-state index is 13.5. The summed E-state index contributed by atoms with van der Waals surface area (Å²) in [6.07, 6.45) is 0. The van der Waals surface area contributed by atoms with Crippen LogP contribution >= 0.6 is 11.6 Å². The van der Waals surface area contributed by atoms with Crippen LogP contribution in [0.2, 0.25) is 5.02 Å². The molecule has 0 unspecified atom stereocenters. The van der Waals surface area contributed by atoms with Crippen molar-refractivity contribution in [2.45, 2.75) is 19.0 Å². The van der Waals surface area contributed by atoms with E-state index < -0.39 is 23.9 Å². The third-order valence-electron chi connectivity index (χ3n) is 6.36. The Morgan fingerprint density at radius 2 is 1.39 bits per heavy atom. The lowest BCUT2D eigenvalue weighted by atomic mass is 9.86. The molecule has 2 atom stereocenters. The van der Waals surface area contributed by atoms with Crippen molar-refractivity contribution in [1.29, 1.82) is 0 Å². The van der Waals surface area contributed by atoms with Crippen molar-refractivity contribution in [1.82, 2.24) is 4.90 Å². The summed E-state index contributed by atoms with van der Waals surface area (Å²) < 4.78 is 0. The van der Waals surface area contributed by atoms with Gasteiger partial charge >= 0.3 is 0 Å². The monoisotopic (exact) mass is 459 g/mol. The summed E-state index contributed by atoms with van der Waals surface area (Å²) in [6, 6.07) is 18.4. The van der Waals surface area contributed by atoms with Gasteiger partial charge in [-0.25, -0.2) is 0 Å². The number of anilines is 2. The number of imide groups is 1. The third kappa shape index (κ3) is 3.21. The number of fused-ring (bicyclic) bond motifs is 1. The SMILES string of the molecule is Cc1ccc(N2C(=O)[C@@H](N3C(=O)c4ccccc4C3=O)[C@@H]2c2ccc(N(C)C)cc2)cc1Cl. The van der Waals surface area contributed by atoms with E-state index in [1.165, 1.54) is 0 Å². The minimum absolute atomic E-state index is 0.314. The van der Waals surface area contributed by atoms with E-state index in [1.54, 1.807) is 35.2 Å². The van der Waals surface area contributed by atoms with Gasteiger partial charge in [0.1, 0.15) is 6.04 Å². The molecule has 5 rings (SSSR count). The molecule has 166 valence electrons. The highest BCUT2D eigenvalue weighted by atomic mass is 35.5. The predicted molar refractivity (Wildman–Crippen MR) is 128 cm³/mol. The molecular weight excluding hydrogens is 438 g/mol. The van der Waals surface area contributed by atoms with Gasteiger partial charge in [-0.2, -0.15) is 0 Å². The molecule has 1 fully saturated rings. The number of aryl methyl sites for hydroxylation is 1. The Hall–Kier alpha value is -3.64. The molecule has 0 bridgehead atoms. The number of rotatable bonds is 4. The molecular formula is C26H22ClN3O3. The van der Waals surface area contributed by atoms with Gasteiger partial charge in [0.25, 0.3) is 17.7 Å². The second-order valence-electron chi connectivity index (χ2n) is 8.54. The largest absolute Gasteiger partial charge is 0.378 e. The Balaban J connectivity index is 1.59. The summed E-state index contributed by atoms with van der Waals surface area (Å²) in [6.45, 7) is 1.89. The van der Waals surface area contributed by atoms with Crippen molar-refractivity contribution in [3.8, 4) is 0 Å². The van der Waals surface area contributed by atoms with Gasteiger partial charge in [0.15, 0.2) is 0 Å². The second kappa shape index (κ2) is 7.74. The van der Waals surface area contributed by atoms with Crippen molar-refractivity contribution >= 4 is 40.7 Å². The molecule has 3 aromatic carbocycles. The molecule has 0 N–H and O–H groups in total. The molecule has 33 heavy (non-hydrogen) atoms. The van der Waals surface area contributed by atoms with Crippen molar-refractivity contribution in [3.05, 3.63) is 94.0 Å². The normalized spacial score (nSPS) is 19.6. The quantitative estimate of drug-likeness (QED) is 0.426. The molecule has 0 saturated carbocycles. The van der Waals surface area contributed by atoms with Crippen LogP contribution in [0.3, 0.4) is 0 Å². The zero-order valence-corrected chi connectivity index (χ0v) is 19.2. The predicted octanol–water partition coefficient (Wildman–Crippen LogP) is 4.47. The number of amides is 3. The van der Waals surface area contributed by atoms with Gasteiger partial charge < -0.3 is 9.80 Å². The number of carbonyl (C=O) groups excluding carboxylic acids is 3. The van der Waals surface area contributed by atoms with E-state index in [2.05, 4.69) is 0 Å². The number of hydrogen-bond donors (Lipinski definition) is 0. The van der Waals surface area contributed by atoms with Gasteiger partial charge in [-0.1, -0.05) is 41.9 Å². The number of benzene rings is 3. The van der Waals surface area contributed by atoms with Crippen molar-refractivity contribution in [3.63, 3.8) is 0 Å². The molecule has 6 nitrogen and oxygen atoms in total. The van der Waals surface area contributed by atoms with Gasteiger partial charge in [-0.05, 0) is 54.4 Å². The number of carbonyl (C=O) groups is 3. The van der Waals surface area contributed by atoms with Crippen LogP contribution in [0.1, 0.15) is 37.9 Å². The van der Waals surface area contributed by atoms with E-state index in [0.29, 0.717) is 21.8 Å². The first-order valence-corrected chi connectivity index (χ1v) is 11.0.